The van der Waals surface area contributed by atoms with E-state index in [4.69, 9.17) is 4.74 Å². The maximum Gasteiger partial charge on any atom is 0.266 e. The van der Waals surface area contributed by atoms with E-state index in [2.05, 4.69) is 11.6 Å². The van der Waals surface area contributed by atoms with Crippen LogP contribution in [0.3, 0.4) is 0 Å². The summed E-state index contributed by atoms with van der Waals surface area (Å²) in [5, 5.41) is 0. The minimum Gasteiger partial charge on any atom is -0.496 e. The summed E-state index contributed by atoms with van der Waals surface area (Å²) in [4.78, 5) is 14.1. The molecule has 2 rings (SSSR count). The molecule has 4 heteroatoms. The number of thiazole rings is 1. The Balaban J connectivity index is 2.63. The van der Waals surface area contributed by atoms with Crippen LogP contribution in [0.2, 0.25) is 0 Å². The normalized spacial score (nSPS) is 11.7. The molecule has 3 nitrogen and oxygen atoms in total. The van der Waals surface area contributed by atoms with Gasteiger partial charge in [0.05, 0.1) is 16.3 Å². The van der Waals surface area contributed by atoms with Gasteiger partial charge in [0.25, 0.3) is 5.56 Å². The summed E-state index contributed by atoms with van der Waals surface area (Å²) in [5.41, 5.74) is 0.776. The summed E-state index contributed by atoms with van der Waals surface area (Å²) in [5.74, 6) is 0.751. The fraction of sp³-hybridized carbons (Fsp3) is 0.0833. The van der Waals surface area contributed by atoms with Crippen LogP contribution >= 0.6 is 11.3 Å². The second-order valence-electron chi connectivity index (χ2n) is 3.23. The molecule has 0 fully saturated rings. The number of aromatic amines is 1. The van der Waals surface area contributed by atoms with E-state index in [0.29, 0.717) is 9.20 Å². The maximum absolute atomic E-state index is 11.5. The smallest absolute Gasteiger partial charge is 0.266 e. The lowest BCUT2D eigenvalue weighted by molar-refractivity contribution is 0.414. The van der Waals surface area contributed by atoms with Crippen molar-refractivity contribution in [3.63, 3.8) is 0 Å². The van der Waals surface area contributed by atoms with E-state index in [1.807, 2.05) is 24.3 Å². The van der Waals surface area contributed by atoms with Crippen molar-refractivity contribution < 1.29 is 4.74 Å². The number of rotatable bonds is 2. The molecule has 1 aromatic heterocycles. The average Bonchev–Trinajstić information content (AvgIpc) is 2.58. The predicted molar refractivity (Wildman–Crippen MR) is 66.3 cm³/mol. The Morgan fingerprint density at radius 2 is 2.19 bits per heavy atom. The van der Waals surface area contributed by atoms with E-state index in [0.717, 1.165) is 11.3 Å². The van der Waals surface area contributed by atoms with Crippen molar-refractivity contribution in [2.75, 3.05) is 7.11 Å². The van der Waals surface area contributed by atoms with Gasteiger partial charge >= 0.3 is 0 Å². The largest absolute Gasteiger partial charge is 0.496 e. The molecule has 1 N–H and O–H groups in total. The van der Waals surface area contributed by atoms with E-state index in [1.54, 1.807) is 13.2 Å². The SMILES string of the molecule is C=c1[nH]c(=O)/c(=C/c2ccccc2OC)s1. The van der Waals surface area contributed by atoms with E-state index >= 15 is 0 Å². The van der Waals surface area contributed by atoms with Crippen LogP contribution in [0.25, 0.3) is 12.7 Å². The molecule has 16 heavy (non-hydrogen) atoms. The van der Waals surface area contributed by atoms with Crippen molar-refractivity contribution in [2.45, 2.75) is 0 Å². The first-order chi connectivity index (χ1) is 7.70. The monoisotopic (exact) mass is 233 g/mol. The van der Waals surface area contributed by atoms with Crippen molar-refractivity contribution in [2.24, 2.45) is 0 Å². The van der Waals surface area contributed by atoms with E-state index in [9.17, 15) is 4.79 Å². The lowest BCUT2D eigenvalue weighted by Crippen LogP contribution is -2.19. The second-order valence-corrected chi connectivity index (χ2v) is 4.37. The standard InChI is InChI=1S/C12H11NO2S/c1-8-13-12(14)11(16-8)7-9-5-3-4-6-10(9)15-2/h3-7H,1H2,2H3,(H,13,14)/b11-7-. The number of aromatic nitrogens is 1. The maximum atomic E-state index is 11.5. The van der Waals surface area contributed by atoms with Gasteiger partial charge in [0.2, 0.25) is 0 Å². The van der Waals surface area contributed by atoms with Crippen molar-refractivity contribution in [3.05, 3.63) is 49.4 Å². The van der Waals surface area contributed by atoms with Crippen molar-refractivity contribution in [1.29, 1.82) is 0 Å². The van der Waals surface area contributed by atoms with Gasteiger partial charge in [-0.15, -0.1) is 11.3 Å². The van der Waals surface area contributed by atoms with Gasteiger partial charge in [-0.2, -0.15) is 0 Å². The van der Waals surface area contributed by atoms with Crippen molar-refractivity contribution >= 4 is 24.0 Å². The number of benzene rings is 1. The molecule has 1 aromatic carbocycles. The molecule has 0 saturated carbocycles. The molecule has 0 spiro atoms. The first-order valence-corrected chi connectivity index (χ1v) is 5.55. The summed E-state index contributed by atoms with van der Waals surface area (Å²) in [6.07, 6.45) is 1.80. The van der Waals surface area contributed by atoms with Crippen LogP contribution in [0.4, 0.5) is 0 Å². The third kappa shape index (κ3) is 2.06. The Labute approximate surface area is 96.3 Å². The first kappa shape index (κ1) is 10.7. The highest BCUT2D eigenvalue weighted by Gasteiger charge is 1.99. The van der Waals surface area contributed by atoms with Crippen LogP contribution in [0, 0.1) is 0 Å². The Morgan fingerprint density at radius 3 is 2.81 bits per heavy atom. The molecule has 0 bridgehead atoms. The van der Waals surface area contributed by atoms with E-state index < -0.39 is 0 Å². The molecule has 82 valence electrons. The number of para-hydroxylation sites is 1. The Morgan fingerprint density at radius 1 is 1.44 bits per heavy atom. The minimum absolute atomic E-state index is 0.110. The van der Waals surface area contributed by atoms with Crippen LogP contribution in [0.1, 0.15) is 5.56 Å². The molecule has 1 heterocycles. The molecule has 0 amide bonds. The topological polar surface area (TPSA) is 42.1 Å². The molecule has 0 aliphatic rings. The van der Waals surface area contributed by atoms with Crippen LogP contribution in [-0.2, 0) is 0 Å². The molecule has 0 aliphatic heterocycles. The fourth-order valence-corrected chi connectivity index (χ4v) is 2.15. The molecule has 0 aliphatic carbocycles. The van der Waals surface area contributed by atoms with Crippen LogP contribution in [-0.4, -0.2) is 12.1 Å². The summed E-state index contributed by atoms with van der Waals surface area (Å²) in [6.45, 7) is 3.70. The van der Waals surface area contributed by atoms with Gasteiger partial charge in [-0.05, 0) is 12.1 Å². The zero-order valence-electron chi connectivity index (χ0n) is 8.82. The lowest BCUT2D eigenvalue weighted by atomic mass is 10.2. The fourth-order valence-electron chi connectivity index (χ4n) is 1.41. The molecule has 2 aromatic rings. The van der Waals surface area contributed by atoms with Gasteiger partial charge < -0.3 is 9.72 Å². The predicted octanol–water partition coefficient (Wildman–Crippen LogP) is 0.684. The minimum atomic E-state index is -0.110. The van der Waals surface area contributed by atoms with E-state index in [1.165, 1.54) is 11.3 Å². The number of ether oxygens (including phenoxy) is 1. The highest BCUT2D eigenvalue weighted by Crippen LogP contribution is 2.17. The van der Waals surface area contributed by atoms with Gasteiger partial charge in [-0.25, -0.2) is 0 Å². The highest BCUT2D eigenvalue weighted by atomic mass is 32.1. The van der Waals surface area contributed by atoms with Gasteiger partial charge in [0.1, 0.15) is 5.75 Å². The second kappa shape index (κ2) is 4.37. The lowest BCUT2D eigenvalue weighted by Gasteiger charge is -2.02. The number of nitrogens with one attached hydrogen (secondary N) is 1. The zero-order chi connectivity index (χ0) is 11.5. The van der Waals surface area contributed by atoms with Crippen molar-refractivity contribution in [1.82, 2.24) is 4.98 Å². The summed E-state index contributed by atoms with van der Waals surface area (Å²) < 4.78 is 6.50. The first-order valence-electron chi connectivity index (χ1n) is 4.73. The third-order valence-corrected chi connectivity index (χ3v) is 3.01. The Hall–Kier alpha value is -1.81. The number of methoxy groups -OCH3 is 1. The molecule has 0 saturated heterocycles. The Kier molecular flexibility index (Phi) is 2.92. The molecular formula is C12H11NO2S. The Bertz CT molecular complexity index is 654. The van der Waals surface area contributed by atoms with Crippen LogP contribution < -0.4 is 19.5 Å². The molecule has 0 unspecified atom stereocenters. The average molecular weight is 233 g/mol. The third-order valence-electron chi connectivity index (χ3n) is 2.14. The van der Waals surface area contributed by atoms with Crippen molar-refractivity contribution in [3.8, 4) is 5.75 Å². The highest BCUT2D eigenvalue weighted by molar-refractivity contribution is 7.07. The molecular weight excluding hydrogens is 222 g/mol. The van der Waals surface area contributed by atoms with Crippen LogP contribution in [0.15, 0.2) is 29.1 Å². The van der Waals surface area contributed by atoms with Gasteiger partial charge in [0, 0.05) is 5.56 Å². The summed E-state index contributed by atoms with van der Waals surface area (Å²) in [7, 11) is 1.61. The molecule has 0 radical (unpaired) electrons. The zero-order valence-corrected chi connectivity index (χ0v) is 9.64. The van der Waals surface area contributed by atoms with Gasteiger partial charge in [-0.1, -0.05) is 24.8 Å². The van der Waals surface area contributed by atoms with E-state index in [-0.39, 0.29) is 5.56 Å². The summed E-state index contributed by atoms with van der Waals surface area (Å²) in [6, 6.07) is 7.56. The number of hydrogen-bond acceptors (Lipinski definition) is 3. The van der Waals surface area contributed by atoms with Crippen LogP contribution in [0.5, 0.6) is 5.75 Å². The summed E-state index contributed by atoms with van der Waals surface area (Å²) >= 11 is 1.34. The van der Waals surface area contributed by atoms with Gasteiger partial charge in [-0.3, -0.25) is 4.79 Å². The van der Waals surface area contributed by atoms with Gasteiger partial charge in [0.15, 0.2) is 0 Å². The number of H-pyrrole nitrogens is 1. The molecule has 0 atom stereocenters. The number of hydrogen-bond donors (Lipinski definition) is 1. The quantitative estimate of drug-likeness (QED) is 0.829.